The monoisotopic (exact) mass is 246 g/mol. The second-order valence-electron chi connectivity index (χ2n) is 4.34. The Kier molecular flexibility index (Phi) is 4.71. The number of nitrogens with one attached hydrogen (secondary N) is 1. The Balaban J connectivity index is 2.38. The van der Waals surface area contributed by atoms with E-state index in [9.17, 15) is 13.5 Å². The summed E-state index contributed by atoms with van der Waals surface area (Å²) in [5.74, 6) is 0.282. The quantitative estimate of drug-likeness (QED) is 0.749. The van der Waals surface area contributed by atoms with Crippen molar-refractivity contribution in [2.75, 3.05) is 6.54 Å². The molecule has 2 N–H and O–H groups in total. The molecule has 1 unspecified atom stereocenters. The lowest BCUT2D eigenvalue weighted by Crippen LogP contribution is -2.36. The molecule has 1 aliphatic carbocycles. The topological polar surface area (TPSA) is 90.2 Å². The molecule has 0 aromatic carbocycles. The van der Waals surface area contributed by atoms with Crippen LogP contribution in [0.15, 0.2) is 0 Å². The second-order valence-corrected chi connectivity index (χ2v) is 6.43. The number of hydrogen-bond acceptors (Lipinski definition) is 4. The van der Waals surface area contributed by atoms with Crippen LogP contribution in [0.1, 0.15) is 32.6 Å². The predicted molar refractivity (Wildman–Crippen MR) is 60.0 cm³/mol. The molecule has 1 fully saturated rings. The Morgan fingerprint density at radius 3 is 2.50 bits per heavy atom. The van der Waals surface area contributed by atoms with Crippen LogP contribution in [0.5, 0.6) is 0 Å². The van der Waals surface area contributed by atoms with Gasteiger partial charge in [0.15, 0.2) is 5.25 Å². The molecule has 1 saturated carbocycles. The van der Waals surface area contributed by atoms with Gasteiger partial charge in [-0.1, -0.05) is 0 Å². The molecule has 1 aliphatic rings. The fourth-order valence-electron chi connectivity index (χ4n) is 1.78. The lowest BCUT2D eigenvalue weighted by molar-refractivity contribution is 0.109. The number of nitriles is 1. The number of hydrogen-bond donors (Lipinski definition) is 2. The van der Waals surface area contributed by atoms with Crippen molar-refractivity contribution in [3.63, 3.8) is 0 Å². The van der Waals surface area contributed by atoms with Crippen LogP contribution in [0.4, 0.5) is 0 Å². The molecule has 1 rings (SSSR count). The van der Waals surface area contributed by atoms with Crippen LogP contribution in [-0.2, 0) is 10.0 Å². The molecule has 92 valence electrons. The molecule has 5 nitrogen and oxygen atoms in total. The van der Waals surface area contributed by atoms with Crippen LogP contribution in [0.2, 0.25) is 0 Å². The SMILES string of the molecule is CC(C#N)S(=O)(=O)NCC1CCC(O)CC1. The highest BCUT2D eigenvalue weighted by Gasteiger charge is 2.24. The van der Waals surface area contributed by atoms with E-state index < -0.39 is 15.3 Å². The molecule has 16 heavy (non-hydrogen) atoms. The number of rotatable bonds is 4. The van der Waals surface area contributed by atoms with Crippen molar-refractivity contribution < 1.29 is 13.5 Å². The Morgan fingerprint density at radius 1 is 1.44 bits per heavy atom. The number of aliphatic hydroxyl groups excluding tert-OH is 1. The molecule has 6 heteroatoms. The van der Waals surface area contributed by atoms with Gasteiger partial charge in [0.2, 0.25) is 10.0 Å². The Bertz CT molecular complexity index is 353. The van der Waals surface area contributed by atoms with Gasteiger partial charge in [0.1, 0.15) is 0 Å². The molecule has 0 amide bonds. The number of nitrogens with zero attached hydrogens (tertiary/aromatic N) is 1. The van der Waals surface area contributed by atoms with Crippen LogP contribution >= 0.6 is 0 Å². The second kappa shape index (κ2) is 5.62. The lowest BCUT2D eigenvalue weighted by Gasteiger charge is -2.25. The minimum Gasteiger partial charge on any atom is -0.393 e. The van der Waals surface area contributed by atoms with E-state index >= 15 is 0 Å². The molecule has 0 bridgehead atoms. The molecule has 1 atom stereocenters. The number of sulfonamides is 1. The molecule has 0 radical (unpaired) electrons. The summed E-state index contributed by atoms with van der Waals surface area (Å²) in [6.07, 6.45) is 2.92. The smallest absolute Gasteiger partial charge is 0.227 e. The van der Waals surface area contributed by atoms with Gasteiger partial charge in [-0.2, -0.15) is 5.26 Å². The molecule has 0 aliphatic heterocycles. The van der Waals surface area contributed by atoms with Crippen molar-refractivity contribution in [2.45, 2.75) is 44.0 Å². The minimum atomic E-state index is -3.50. The van der Waals surface area contributed by atoms with Gasteiger partial charge < -0.3 is 5.11 Å². The third kappa shape index (κ3) is 3.74. The van der Waals surface area contributed by atoms with Crippen LogP contribution in [0.3, 0.4) is 0 Å². The summed E-state index contributed by atoms with van der Waals surface area (Å²) >= 11 is 0. The fraction of sp³-hybridized carbons (Fsp3) is 0.900. The van der Waals surface area contributed by atoms with Crippen molar-refractivity contribution in [1.82, 2.24) is 4.72 Å². The van der Waals surface area contributed by atoms with Gasteiger partial charge in [0, 0.05) is 6.54 Å². The first-order chi connectivity index (χ1) is 7.45. The Labute approximate surface area is 96.5 Å². The van der Waals surface area contributed by atoms with Crippen LogP contribution in [-0.4, -0.2) is 31.4 Å². The van der Waals surface area contributed by atoms with E-state index in [4.69, 9.17) is 5.26 Å². The normalized spacial score (nSPS) is 28.3. The van der Waals surface area contributed by atoms with Gasteiger partial charge >= 0.3 is 0 Å². The van der Waals surface area contributed by atoms with Gasteiger partial charge in [0.05, 0.1) is 12.2 Å². The fourth-order valence-corrected chi connectivity index (χ4v) is 2.63. The zero-order chi connectivity index (χ0) is 12.2. The van der Waals surface area contributed by atoms with Crippen molar-refractivity contribution in [2.24, 2.45) is 5.92 Å². The first-order valence-corrected chi connectivity index (χ1v) is 7.06. The van der Waals surface area contributed by atoms with Gasteiger partial charge in [-0.05, 0) is 38.5 Å². The van der Waals surface area contributed by atoms with Crippen molar-refractivity contribution in [1.29, 1.82) is 5.26 Å². The largest absolute Gasteiger partial charge is 0.393 e. The predicted octanol–water partition coefficient (Wildman–Crippen LogP) is 0.369. The van der Waals surface area contributed by atoms with Crippen LogP contribution in [0, 0.1) is 17.2 Å². The molecule has 0 spiro atoms. The highest BCUT2D eigenvalue weighted by molar-refractivity contribution is 7.90. The van der Waals surface area contributed by atoms with Crippen molar-refractivity contribution >= 4 is 10.0 Å². The van der Waals surface area contributed by atoms with E-state index in [2.05, 4.69) is 4.72 Å². The first kappa shape index (κ1) is 13.4. The van der Waals surface area contributed by atoms with E-state index in [0.717, 1.165) is 25.7 Å². The highest BCUT2D eigenvalue weighted by Crippen LogP contribution is 2.23. The summed E-state index contributed by atoms with van der Waals surface area (Å²) < 4.78 is 25.4. The van der Waals surface area contributed by atoms with Crippen molar-refractivity contribution in [3.8, 4) is 6.07 Å². The van der Waals surface area contributed by atoms with Gasteiger partial charge in [-0.25, -0.2) is 13.1 Å². The average Bonchev–Trinajstić information content (AvgIpc) is 2.27. The third-order valence-electron chi connectivity index (χ3n) is 3.04. The highest BCUT2D eigenvalue weighted by atomic mass is 32.2. The minimum absolute atomic E-state index is 0.231. The van der Waals surface area contributed by atoms with Crippen LogP contribution < -0.4 is 4.72 Å². The molecule has 0 aromatic heterocycles. The molecular weight excluding hydrogens is 228 g/mol. The average molecular weight is 246 g/mol. The standard InChI is InChI=1S/C10H18N2O3S/c1-8(6-11)16(14,15)12-7-9-2-4-10(13)5-3-9/h8-10,12-13H,2-5,7H2,1H3. The molecule has 0 aromatic rings. The van der Waals surface area contributed by atoms with E-state index in [1.54, 1.807) is 6.07 Å². The van der Waals surface area contributed by atoms with Crippen LogP contribution in [0.25, 0.3) is 0 Å². The zero-order valence-corrected chi connectivity index (χ0v) is 10.2. The molecule has 0 heterocycles. The zero-order valence-electron chi connectivity index (χ0n) is 9.39. The maximum Gasteiger partial charge on any atom is 0.227 e. The van der Waals surface area contributed by atoms with E-state index in [-0.39, 0.29) is 12.0 Å². The number of aliphatic hydroxyl groups is 1. The van der Waals surface area contributed by atoms with Gasteiger partial charge in [-0.3, -0.25) is 0 Å². The lowest BCUT2D eigenvalue weighted by atomic mass is 9.88. The Morgan fingerprint density at radius 2 is 2.00 bits per heavy atom. The summed E-state index contributed by atoms with van der Waals surface area (Å²) in [7, 11) is -3.50. The van der Waals surface area contributed by atoms with Gasteiger partial charge in [0.25, 0.3) is 0 Å². The maximum absolute atomic E-state index is 11.5. The summed E-state index contributed by atoms with van der Waals surface area (Å²) in [5, 5.41) is 16.8. The first-order valence-electron chi connectivity index (χ1n) is 5.52. The summed E-state index contributed by atoms with van der Waals surface area (Å²) in [5.41, 5.74) is 0. The van der Waals surface area contributed by atoms with E-state index in [0.29, 0.717) is 6.54 Å². The van der Waals surface area contributed by atoms with E-state index in [1.807, 2.05) is 0 Å². The molecular formula is C10H18N2O3S. The summed E-state index contributed by atoms with van der Waals surface area (Å²) in [6.45, 7) is 1.74. The van der Waals surface area contributed by atoms with Crippen molar-refractivity contribution in [3.05, 3.63) is 0 Å². The summed E-state index contributed by atoms with van der Waals surface area (Å²) in [6, 6.07) is 1.71. The molecule has 0 saturated heterocycles. The van der Waals surface area contributed by atoms with E-state index in [1.165, 1.54) is 6.92 Å². The van der Waals surface area contributed by atoms with Gasteiger partial charge in [-0.15, -0.1) is 0 Å². The maximum atomic E-state index is 11.5. The summed E-state index contributed by atoms with van der Waals surface area (Å²) in [4.78, 5) is 0. The third-order valence-corrected chi connectivity index (χ3v) is 4.64. The Hall–Kier alpha value is -0.640.